The number of hydrogen-bond donors (Lipinski definition) is 1. The SMILES string of the molecule is CC(O)c1cccc(C2COC(C)(C)O2)c1. The van der Waals surface area contributed by atoms with Crippen molar-refractivity contribution < 1.29 is 14.6 Å². The molecule has 0 saturated carbocycles. The summed E-state index contributed by atoms with van der Waals surface area (Å²) in [7, 11) is 0. The summed E-state index contributed by atoms with van der Waals surface area (Å²) in [6.07, 6.45) is -0.482. The number of ether oxygens (including phenoxy) is 2. The molecule has 1 aromatic carbocycles. The number of aliphatic hydroxyl groups is 1. The van der Waals surface area contributed by atoms with Crippen LogP contribution in [0.5, 0.6) is 0 Å². The average Bonchev–Trinajstić information content (AvgIpc) is 2.59. The van der Waals surface area contributed by atoms with Crippen LogP contribution in [0.1, 0.15) is 44.1 Å². The largest absolute Gasteiger partial charge is 0.389 e. The van der Waals surface area contributed by atoms with E-state index in [9.17, 15) is 5.11 Å². The first-order valence-electron chi connectivity index (χ1n) is 5.58. The van der Waals surface area contributed by atoms with Gasteiger partial charge in [0.25, 0.3) is 0 Å². The lowest BCUT2D eigenvalue weighted by atomic mass is 10.0. The molecule has 3 nitrogen and oxygen atoms in total. The molecule has 88 valence electrons. The van der Waals surface area contributed by atoms with Gasteiger partial charge >= 0.3 is 0 Å². The Bertz CT molecular complexity index is 371. The van der Waals surface area contributed by atoms with E-state index < -0.39 is 11.9 Å². The molecule has 1 N–H and O–H groups in total. The second-order valence-corrected chi connectivity index (χ2v) is 4.66. The highest BCUT2D eigenvalue weighted by molar-refractivity contribution is 5.27. The average molecular weight is 222 g/mol. The van der Waals surface area contributed by atoms with E-state index in [4.69, 9.17) is 9.47 Å². The molecule has 3 heteroatoms. The Kier molecular flexibility index (Phi) is 3.02. The number of hydrogen-bond acceptors (Lipinski definition) is 3. The fourth-order valence-corrected chi connectivity index (χ4v) is 1.87. The molecule has 0 aromatic heterocycles. The van der Waals surface area contributed by atoms with Crippen molar-refractivity contribution >= 4 is 0 Å². The molecule has 1 aliphatic heterocycles. The van der Waals surface area contributed by atoms with Crippen molar-refractivity contribution in [2.75, 3.05) is 6.61 Å². The van der Waals surface area contributed by atoms with E-state index in [0.717, 1.165) is 11.1 Å². The molecule has 2 unspecified atom stereocenters. The summed E-state index contributed by atoms with van der Waals surface area (Å²) in [5.41, 5.74) is 1.97. The van der Waals surface area contributed by atoms with Crippen molar-refractivity contribution in [2.45, 2.75) is 38.8 Å². The van der Waals surface area contributed by atoms with E-state index in [1.165, 1.54) is 0 Å². The summed E-state index contributed by atoms with van der Waals surface area (Å²) < 4.78 is 11.3. The van der Waals surface area contributed by atoms with Crippen LogP contribution in [0.2, 0.25) is 0 Å². The van der Waals surface area contributed by atoms with Gasteiger partial charge in [-0.3, -0.25) is 0 Å². The monoisotopic (exact) mass is 222 g/mol. The van der Waals surface area contributed by atoms with E-state index in [1.807, 2.05) is 38.1 Å². The van der Waals surface area contributed by atoms with E-state index in [-0.39, 0.29) is 6.10 Å². The molecule has 0 radical (unpaired) electrons. The van der Waals surface area contributed by atoms with Crippen molar-refractivity contribution in [2.24, 2.45) is 0 Å². The second-order valence-electron chi connectivity index (χ2n) is 4.66. The van der Waals surface area contributed by atoms with Gasteiger partial charge in [0, 0.05) is 0 Å². The third-order valence-electron chi connectivity index (χ3n) is 2.77. The van der Waals surface area contributed by atoms with Crippen LogP contribution in [0, 0.1) is 0 Å². The number of rotatable bonds is 2. The van der Waals surface area contributed by atoms with Crippen LogP contribution in [0.25, 0.3) is 0 Å². The maximum Gasteiger partial charge on any atom is 0.163 e. The second kappa shape index (κ2) is 4.17. The minimum atomic E-state index is -0.508. The van der Waals surface area contributed by atoms with Gasteiger partial charge in [0.15, 0.2) is 5.79 Å². The zero-order chi connectivity index (χ0) is 11.8. The predicted octanol–water partition coefficient (Wildman–Crippen LogP) is 2.56. The highest BCUT2D eigenvalue weighted by Gasteiger charge is 2.33. The van der Waals surface area contributed by atoms with Gasteiger partial charge < -0.3 is 14.6 Å². The third-order valence-corrected chi connectivity index (χ3v) is 2.77. The van der Waals surface area contributed by atoms with Gasteiger partial charge in [-0.2, -0.15) is 0 Å². The molecule has 1 aliphatic rings. The number of benzene rings is 1. The topological polar surface area (TPSA) is 38.7 Å². The van der Waals surface area contributed by atoms with Crippen LogP contribution >= 0.6 is 0 Å². The van der Waals surface area contributed by atoms with Crippen LogP contribution < -0.4 is 0 Å². The van der Waals surface area contributed by atoms with Crippen molar-refractivity contribution in [1.82, 2.24) is 0 Å². The summed E-state index contributed by atoms with van der Waals surface area (Å²) >= 11 is 0. The van der Waals surface area contributed by atoms with Crippen LogP contribution in [0.3, 0.4) is 0 Å². The van der Waals surface area contributed by atoms with Gasteiger partial charge in [0.05, 0.1) is 12.7 Å². The molecule has 2 rings (SSSR count). The highest BCUT2D eigenvalue weighted by Crippen LogP contribution is 2.33. The predicted molar refractivity (Wildman–Crippen MR) is 60.9 cm³/mol. The summed E-state index contributed by atoms with van der Waals surface area (Å²) in [5.74, 6) is -0.508. The Morgan fingerprint density at radius 1 is 1.44 bits per heavy atom. The Morgan fingerprint density at radius 3 is 2.75 bits per heavy atom. The molecule has 1 saturated heterocycles. The molecule has 1 aromatic rings. The Morgan fingerprint density at radius 2 is 2.19 bits per heavy atom. The fourth-order valence-electron chi connectivity index (χ4n) is 1.87. The lowest BCUT2D eigenvalue weighted by Gasteiger charge is -2.17. The van der Waals surface area contributed by atoms with Gasteiger partial charge in [-0.1, -0.05) is 24.3 Å². The molecule has 1 fully saturated rings. The van der Waals surface area contributed by atoms with Crippen LogP contribution in [-0.4, -0.2) is 17.5 Å². The molecular formula is C13H18O3. The summed E-state index contributed by atoms with van der Waals surface area (Å²) in [5, 5.41) is 9.52. The third kappa shape index (κ3) is 2.43. The van der Waals surface area contributed by atoms with Crippen LogP contribution in [-0.2, 0) is 9.47 Å². The standard InChI is InChI=1S/C13H18O3/c1-9(14)10-5-4-6-11(7-10)12-8-15-13(2,3)16-12/h4-7,9,12,14H,8H2,1-3H3. The maximum atomic E-state index is 9.52. The van der Waals surface area contributed by atoms with Crippen molar-refractivity contribution in [1.29, 1.82) is 0 Å². The van der Waals surface area contributed by atoms with Crippen LogP contribution in [0.4, 0.5) is 0 Å². The van der Waals surface area contributed by atoms with E-state index in [1.54, 1.807) is 6.92 Å². The molecule has 2 atom stereocenters. The summed E-state index contributed by atoms with van der Waals surface area (Å²) in [6.45, 7) is 6.14. The summed E-state index contributed by atoms with van der Waals surface area (Å²) in [6, 6.07) is 7.82. The maximum absolute atomic E-state index is 9.52. The quantitative estimate of drug-likeness (QED) is 0.835. The Labute approximate surface area is 96.0 Å². The molecule has 1 heterocycles. The molecule has 0 amide bonds. The Hall–Kier alpha value is -0.900. The molecule has 0 spiro atoms. The fraction of sp³-hybridized carbons (Fsp3) is 0.538. The zero-order valence-corrected chi connectivity index (χ0v) is 9.93. The first-order valence-corrected chi connectivity index (χ1v) is 5.58. The van der Waals surface area contributed by atoms with Gasteiger partial charge in [-0.25, -0.2) is 0 Å². The van der Waals surface area contributed by atoms with E-state index in [2.05, 4.69) is 0 Å². The lowest BCUT2D eigenvalue weighted by Crippen LogP contribution is -2.19. The molecule has 16 heavy (non-hydrogen) atoms. The van der Waals surface area contributed by atoms with E-state index in [0.29, 0.717) is 6.61 Å². The van der Waals surface area contributed by atoms with E-state index >= 15 is 0 Å². The lowest BCUT2D eigenvalue weighted by molar-refractivity contribution is -0.139. The Balaban J connectivity index is 2.19. The van der Waals surface area contributed by atoms with Crippen molar-refractivity contribution in [3.63, 3.8) is 0 Å². The molecular weight excluding hydrogens is 204 g/mol. The van der Waals surface area contributed by atoms with Gasteiger partial charge in [-0.15, -0.1) is 0 Å². The smallest absolute Gasteiger partial charge is 0.163 e. The minimum absolute atomic E-state index is 0.0336. The van der Waals surface area contributed by atoms with Gasteiger partial charge in [0.1, 0.15) is 6.10 Å². The van der Waals surface area contributed by atoms with Gasteiger partial charge in [-0.05, 0) is 31.9 Å². The van der Waals surface area contributed by atoms with Crippen LogP contribution in [0.15, 0.2) is 24.3 Å². The summed E-state index contributed by atoms with van der Waals surface area (Å²) in [4.78, 5) is 0. The van der Waals surface area contributed by atoms with Crippen molar-refractivity contribution in [3.05, 3.63) is 35.4 Å². The first kappa shape index (κ1) is 11.6. The minimum Gasteiger partial charge on any atom is -0.389 e. The zero-order valence-electron chi connectivity index (χ0n) is 9.93. The first-order chi connectivity index (χ1) is 7.48. The highest BCUT2D eigenvalue weighted by atomic mass is 16.7. The van der Waals surface area contributed by atoms with Gasteiger partial charge in [0.2, 0.25) is 0 Å². The molecule has 0 aliphatic carbocycles. The molecule has 0 bridgehead atoms. The number of aliphatic hydroxyl groups excluding tert-OH is 1. The normalized spacial score (nSPS) is 25.6. The van der Waals surface area contributed by atoms with Crippen molar-refractivity contribution in [3.8, 4) is 0 Å².